The Balaban J connectivity index is 1.31. The number of ether oxygens (including phenoxy) is 1. The summed E-state index contributed by atoms with van der Waals surface area (Å²) in [6.45, 7) is 6.84. The SMILES string of the molecule is CC(C)(C)c1ccc(N(c2ccc(-c3ccccc3)cc2)c2ccc3c(c2)C(=C(c2ccccc2)c2ccccc2)c2ccccc2O3)c(-c2ccccc2)c1. The van der Waals surface area contributed by atoms with E-state index in [2.05, 4.69) is 226 Å². The molecule has 2 heteroatoms. The summed E-state index contributed by atoms with van der Waals surface area (Å²) in [6, 6.07) is 73.8. The molecule has 0 spiro atoms. The van der Waals surface area contributed by atoms with E-state index in [0.717, 1.165) is 56.4 Å². The van der Waals surface area contributed by atoms with E-state index in [0.29, 0.717) is 0 Å². The van der Waals surface area contributed by atoms with Crippen molar-refractivity contribution in [3.05, 3.63) is 234 Å². The molecule has 0 radical (unpaired) electrons. The van der Waals surface area contributed by atoms with E-state index >= 15 is 0 Å². The molecule has 0 saturated heterocycles. The third-order valence-corrected chi connectivity index (χ3v) is 10.7. The van der Waals surface area contributed by atoms with Gasteiger partial charge < -0.3 is 9.64 Å². The first-order chi connectivity index (χ1) is 27.4. The molecule has 0 aromatic heterocycles. The van der Waals surface area contributed by atoms with Crippen molar-refractivity contribution in [2.45, 2.75) is 26.2 Å². The smallest absolute Gasteiger partial charge is 0.135 e. The summed E-state index contributed by atoms with van der Waals surface area (Å²) >= 11 is 0. The van der Waals surface area contributed by atoms with Gasteiger partial charge in [-0.15, -0.1) is 0 Å². The predicted octanol–water partition coefficient (Wildman–Crippen LogP) is 14.9. The number of benzene rings is 8. The van der Waals surface area contributed by atoms with Gasteiger partial charge in [-0.3, -0.25) is 0 Å². The maximum Gasteiger partial charge on any atom is 0.135 e. The fourth-order valence-corrected chi connectivity index (χ4v) is 7.81. The largest absolute Gasteiger partial charge is 0.456 e. The van der Waals surface area contributed by atoms with Gasteiger partial charge in [-0.1, -0.05) is 178 Å². The van der Waals surface area contributed by atoms with Crippen molar-refractivity contribution in [2.24, 2.45) is 0 Å². The number of hydrogen-bond acceptors (Lipinski definition) is 2. The molecule has 1 aliphatic rings. The van der Waals surface area contributed by atoms with Gasteiger partial charge in [0.25, 0.3) is 0 Å². The van der Waals surface area contributed by atoms with Gasteiger partial charge in [-0.05, 0) is 92.9 Å². The lowest BCUT2D eigenvalue weighted by molar-refractivity contribution is 0.474. The van der Waals surface area contributed by atoms with Gasteiger partial charge in [0, 0.05) is 33.6 Å². The molecule has 1 aliphatic heterocycles. The molecule has 0 atom stereocenters. The molecule has 0 fully saturated rings. The van der Waals surface area contributed by atoms with Gasteiger partial charge in [0.05, 0.1) is 5.69 Å². The summed E-state index contributed by atoms with van der Waals surface area (Å²) < 4.78 is 6.73. The van der Waals surface area contributed by atoms with Crippen LogP contribution in [0, 0.1) is 0 Å². The van der Waals surface area contributed by atoms with Crippen molar-refractivity contribution in [3.8, 4) is 33.8 Å². The van der Waals surface area contributed by atoms with Gasteiger partial charge in [0.2, 0.25) is 0 Å². The van der Waals surface area contributed by atoms with Crippen LogP contribution in [0.2, 0.25) is 0 Å². The summed E-state index contributed by atoms with van der Waals surface area (Å²) in [4.78, 5) is 2.41. The van der Waals surface area contributed by atoms with Gasteiger partial charge in [-0.25, -0.2) is 0 Å². The highest BCUT2D eigenvalue weighted by molar-refractivity contribution is 6.08. The Morgan fingerprint density at radius 2 is 0.929 bits per heavy atom. The van der Waals surface area contributed by atoms with Crippen LogP contribution in [0.1, 0.15) is 48.6 Å². The third kappa shape index (κ3) is 6.71. The topological polar surface area (TPSA) is 12.5 Å². The summed E-state index contributed by atoms with van der Waals surface area (Å²) in [5.74, 6) is 1.68. The Morgan fingerprint density at radius 1 is 0.411 bits per heavy atom. The van der Waals surface area contributed by atoms with Crippen molar-refractivity contribution in [1.29, 1.82) is 0 Å². The van der Waals surface area contributed by atoms with Crippen molar-refractivity contribution in [1.82, 2.24) is 0 Å². The number of para-hydroxylation sites is 1. The summed E-state index contributed by atoms with van der Waals surface area (Å²) in [5.41, 5.74) is 15.9. The minimum atomic E-state index is -0.0221. The quantitative estimate of drug-likeness (QED) is 0.162. The Morgan fingerprint density at radius 3 is 1.55 bits per heavy atom. The molecule has 0 saturated carbocycles. The maximum absolute atomic E-state index is 6.73. The second-order valence-corrected chi connectivity index (χ2v) is 15.4. The van der Waals surface area contributed by atoms with E-state index < -0.39 is 0 Å². The summed E-state index contributed by atoms with van der Waals surface area (Å²) in [5, 5.41) is 0. The highest BCUT2D eigenvalue weighted by Gasteiger charge is 2.29. The highest BCUT2D eigenvalue weighted by atomic mass is 16.5. The molecular formula is C54H43NO. The molecule has 8 aromatic carbocycles. The van der Waals surface area contributed by atoms with Crippen molar-refractivity contribution in [3.63, 3.8) is 0 Å². The van der Waals surface area contributed by atoms with E-state index in [-0.39, 0.29) is 5.41 Å². The number of rotatable bonds is 7. The Hall–Kier alpha value is -6.90. The Bertz CT molecular complexity index is 2610. The molecule has 8 aromatic rings. The average Bonchev–Trinajstić information content (AvgIpc) is 3.25. The molecule has 0 amide bonds. The zero-order valence-corrected chi connectivity index (χ0v) is 32.0. The van der Waals surface area contributed by atoms with E-state index in [1.165, 1.54) is 33.4 Å². The van der Waals surface area contributed by atoms with Crippen LogP contribution in [0.25, 0.3) is 33.4 Å². The lowest BCUT2D eigenvalue weighted by Crippen LogP contribution is -2.15. The zero-order valence-electron chi connectivity index (χ0n) is 32.0. The minimum absolute atomic E-state index is 0.0221. The van der Waals surface area contributed by atoms with Crippen molar-refractivity contribution in [2.75, 3.05) is 4.90 Å². The lowest BCUT2D eigenvalue weighted by Gasteiger charge is -2.32. The molecule has 1 heterocycles. The second kappa shape index (κ2) is 14.7. The Kier molecular flexibility index (Phi) is 9.17. The number of nitrogens with zero attached hydrogens (tertiary/aromatic N) is 1. The number of hydrogen-bond donors (Lipinski definition) is 0. The van der Waals surface area contributed by atoms with Crippen molar-refractivity contribution < 1.29 is 4.74 Å². The van der Waals surface area contributed by atoms with Gasteiger partial charge in [-0.2, -0.15) is 0 Å². The van der Waals surface area contributed by atoms with Crippen molar-refractivity contribution >= 4 is 28.2 Å². The molecule has 270 valence electrons. The fourth-order valence-electron chi connectivity index (χ4n) is 7.81. The van der Waals surface area contributed by atoms with Crippen LogP contribution in [0.4, 0.5) is 17.1 Å². The van der Waals surface area contributed by atoms with Gasteiger partial charge in [0.1, 0.15) is 11.5 Å². The summed E-state index contributed by atoms with van der Waals surface area (Å²) in [6.07, 6.45) is 0. The Labute approximate surface area is 330 Å². The number of fused-ring (bicyclic) bond motifs is 2. The number of anilines is 3. The van der Waals surface area contributed by atoms with Gasteiger partial charge >= 0.3 is 0 Å². The van der Waals surface area contributed by atoms with Crippen LogP contribution < -0.4 is 9.64 Å². The molecular weight excluding hydrogens is 679 g/mol. The molecule has 56 heavy (non-hydrogen) atoms. The normalized spacial score (nSPS) is 11.9. The minimum Gasteiger partial charge on any atom is -0.456 e. The molecule has 2 nitrogen and oxygen atoms in total. The first-order valence-corrected chi connectivity index (χ1v) is 19.3. The average molecular weight is 722 g/mol. The van der Waals surface area contributed by atoms with E-state index in [9.17, 15) is 0 Å². The zero-order chi connectivity index (χ0) is 38.1. The molecule has 0 N–H and O–H groups in total. The van der Waals surface area contributed by atoms with Crippen LogP contribution in [0.5, 0.6) is 11.5 Å². The first kappa shape index (κ1) is 34.8. The van der Waals surface area contributed by atoms with Crippen LogP contribution in [-0.4, -0.2) is 0 Å². The molecule has 0 unspecified atom stereocenters. The molecule has 9 rings (SSSR count). The van der Waals surface area contributed by atoms with E-state index in [4.69, 9.17) is 4.74 Å². The third-order valence-electron chi connectivity index (χ3n) is 10.7. The van der Waals surface area contributed by atoms with Gasteiger partial charge in [0.15, 0.2) is 0 Å². The lowest BCUT2D eigenvalue weighted by atomic mass is 9.83. The van der Waals surface area contributed by atoms with Crippen LogP contribution in [0.15, 0.2) is 206 Å². The first-order valence-electron chi connectivity index (χ1n) is 19.3. The second-order valence-electron chi connectivity index (χ2n) is 15.4. The fraction of sp³-hybridized carbons (Fsp3) is 0.0741. The van der Waals surface area contributed by atoms with Crippen LogP contribution >= 0.6 is 0 Å². The van der Waals surface area contributed by atoms with Crippen LogP contribution in [0.3, 0.4) is 0 Å². The van der Waals surface area contributed by atoms with E-state index in [1.54, 1.807) is 0 Å². The van der Waals surface area contributed by atoms with Crippen LogP contribution in [-0.2, 0) is 5.41 Å². The standard InChI is InChI=1S/C54H43NO/c1-54(2,3)43-30-34-49(47(36-43)40-20-10-5-11-21-40)55(44-31-28-39(29-32-44)38-18-8-4-9-19-38)45-33-35-51-48(37-45)53(46-26-16-17-27-50(46)56-51)52(41-22-12-6-13-23-41)42-24-14-7-15-25-42/h4-37H,1-3H3. The monoisotopic (exact) mass is 721 g/mol. The molecule has 0 bridgehead atoms. The predicted molar refractivity (Wildman–Crippen MR) is 235 cm³/mol. The van der Waals surface area contributed by atoms with E-state index in [1.807, 2.05) is 6.07 Å². The maximum atomic E-state index is 6.73. The summed E-state index contributed by atoms with van der Waals surface area (Å²) in [7, 11) is 0. The molecule has 0 aliphatic carbocycles. The highest BCUT2D eigenvalue weighted by Crippen LogP contribution is 2.51.